The van der Waals surface area contributed by atoms with Gasteiger partial charge in [0.15, 0.2) is 0 Å². The van der Waals surface area contributed by atoms with E-state index in [1.807, 2.05) is 6.92 Å². The molecule has 3 atom stereocenters. The minimum atomic E-state index is -0.607. The molecule has 1 fully saturated rings. The molecule has 0 aromatic heterocycles. The van der Waals surface area contributed by atoms with Crippen molar-refractivity contribution in [3.8, 4) is 0 Å². The zero-order chi connectivity index (χ0) is 18.1. The van der Waals surface area contributed by atoms with Crippen molar-refractivity contribution in [2.75, 3.05) is 0 Å². The Morgan fingerprint density at radius 1 is 1.40 bits per heavy atom. The molecule has 0 heterocycles. The number of aliphatic hydroxyl groups is 1. The number of rotatable bonds is 8. The van der Waals surface area contributed by atoms with Gasteiger partial charge in [0.25, 0.3) is 0 Å². The van der Waals surface area contributed by atoms with Crippen molar-refractivity contribution in [1.29, 1.82) is 0 Å². The molecule has 2 aliphatic carbocycles. The second kappa shape index (κ2) is 10.4. The molecule has 2 aliphatic rings. The van der Waals surface area contributed by atoms with Gasteiger partial charge in [0.2, 0.25) is 0 Å². The van der Waals surface area contributed by atoms with E-state index in [4.69, 9.17) is 9.47 Å². The van der Waals surface area contributed by atoms with E-state index in [0.717, 1.165) is 57.8 Å². The zero-order valence-electron chi connectivity index (χ0n) is 15.6. The number of ether oxygens (including phenoxy) is 2. The first-order chi connectivity index (χ1) is 12.1. The van der Waals surface area contributed by atoms with E-state index in [-0.39, 0.29) is 12.2 Å². The van der Waals surface area contributed by atoms with Crippen LogP contribution >= 0.6 is 0 Å². The van der Waals surface area contributed by atoms with Crippen LogP contribution in [-0.4, -0.2) is 23.5 Å². The van der Waals surface area contributed by atoms with E-state index in [9.17, 15) is 9.90 Å². The van der Waals surface area contributed by atoms with Gasteiger partial charge in [-0.25, -0.2) is 4.79 Å². The van der Waals surface area contributed by atoms with Crippen molar-refractivity contribution in [3.05, 3.63) is 35.6 Å². The molecule has 1 saturated carbocycles. The van der Waals surface area contributed by atoms with Crippen LogP contribution in [0, 0.1) is 5.92 Å². The summed E-state index contributed by atoms with van der Waals surface area (Å²) in [5.41, 5.74) is 1.42. The number of carbonyl (C=O) groups excluding carboxylic acids is 1. The van der Waals surface area contributed by atoms with E-state index < -0.39 is 6.16 Å². The molecule has 4 heteroatoms. The van der Waals surface area contributed by atoms with Gasteiger partial charge in [-0.2, -0.15) is 0 Å². The van der Waals surface area contributed by atoms with Crippen LogP contribution in [0.5, 0.6) is 0 Å². The highest BCUT2D eigenvalue weighted by Gasteiger charge is 2.25. The fraction of sp³-hybridized carbons (Fsp3) is 0.667. The third-order valence-corrected chi connectivity index (χ3v) is 5.21. The van der Waals surface area contributed by atoms with E-state index in [2.05, 4.69) is 18.2 Å². The molecule has 1 N–H and O–H groups in total. The van der Waals surface area contributed by atoms with Crippen LogP contribution in [0.3, 0.4) is 0 Å². The number of aliphatic hydroxyl groups excluding tert-OH is 1. The molecule has 4 nitrogen and oxygen atoms in total. The standard InChI is InChI=1S/C21H32O4/c1-3-16(2)24-21(23)25-20(13-10-17-7-5-4-6-8-17)14-11-18-9-12-19(22)15-18/h3-5,7,18-20,22H,6,8-15H2,1-2H3. The van der Waals surface area contributed by atoms with Crippen molar-refractivity contribution >= 4 is 6.16 Å². The van der Waals surface area contributed by atoms with E-state index >= 15 is 0 Å². The zero-order valence-corrected chi connectivity index (χ0v) is 15.6. The lowest BCUT2D eigenvalue weighted by molar-refractivity contribution is 0.0316. The molecular weight excluding hydrogens is 316 g/mol. The Morgan fingerprint density at radius 2 is 2.24 bits per heavy atom. The first-order valence-corrected chi connectivity index (χ1v) is 9.60. The molecule has 0 saturated heterocycles. The number of allylic oxidation sites excluding steroid dienone is 6. The molecule has 0 aromatic carbocycles. The van der Waals surface area contributed by atoms with Gasteiger partial charge in [-0.1, -0.05) is 23.8 Å². The average molecular weight is 348 g/mol. The first kappa shape index (κ1) is 19.8. The predicted octanol–water partition coefficient (Wildman–Crippen LogP) is 5.43. The number of hydrogen-bond donors (Lipinski definition) is 1. The summed E-state index contributed by atoms with van der Waals surface area (Å²) >= 11 is 0. The van der Waals surface area contributed by atoms with Gasteiger partial charge in [0.05, 0.1) is 6.10 Å². The Morgan fingerprint density at radius 3 is 2.88 bits per heavy atom. The Kier molecular flexibility index (Phi) is 8.26. The second-order valence-corrected chi connectivity index (χ2v) is 7.23. The molecule has 2 rings (SSSR count). The van der Waals surface area contributed by atoms with Crippen LogP contribution in [-0.2, 0) is 9.47 Å². The monoisotopic (exact) mass is 348 g/mol. The van der Waals surface area contributed by atoms with Crippen LogP contribution in [0.1, 0.15) is 71.6 Å². The summed E-state index contributed by atoms with van der Waals surface area (Å²) in [6.07, 6.45) is 16.0. The Bertz CT molecular complexity index is 518. The van der Waals surface area contributed by atoms with Gasteiger partial charge >= 0.3 is 6.16 Å². The van der Waals surface area contributed by atoms with Gasteiger partial charge in [-0.15, -0.1) is 0 Å². The van der Waals surface area contributed by atoms with Crippen LogP contribution in [0.2, 0.25) is 0 Å². The molecule has 0 spiro atoms. The van der Waals surface area contributed by atoms with Crippen molar-refractivity contribution in [2.45, 2.75) is 83.8 Å². The van der Waals surface area contributed by atoms with Gasteiger partial charge < -0.3 is 14.6 Å². The van der Waals surface area contributed by atoms with Crippen LogP contribution < -0.4 is 0 Å². The summed E-state index contributed by atoms with van der Waals surface area (Å²) in [5.74, 6) is 1.11. The SMILES string of the molecule is CC=C(C)OC(=O)OC(CCC1=CC=CCC1)CCC1CCC(O)C1. The molecular formula is C21H32O4. The van der Waals surface area contributed by atoms with Crippen molar-refractivity contribution in [2.24, 2.45) is 5.92 Å². The Balaban J connectivity index is 1.84. The largest absolute Gasteiger partial charge is 0.513 e. The minimum absolute atomic E-state index is 0.123. The topological polar surface area (TPSA) is 55.8 Å². The van der Waals surface area contributed by atoms with Crippen LogP contribution in [0.25, 0.3) is 0 Å². The summed E-state index contributed by atoms with van der Waals surface area (Å²) in [4.78, 5) is 12.0. The van der Waals surface area contributed by atoms with Crippen molar-refractivity contribution in [1.82, 2.24) is 0 Å². The summed E-state index contributed by atoms with van der Waals surface area (Å²) in [6, 6.07) is 0. The van der Waals surface area contributed by atoms with E-state index in [1.54, 1.807) is 13.0 Å². The lowest BCUT2D eigenvalue weighted by Gasteiger charge is -2.20. The second-order valence-electron chi connectivity index (χ2n) is 7.23. The smallest absolute Gasteiger partial charge is 0.431 e. The molecule has 0 aromatic rings. The first-order valence-electron chi connectivity index (χ1n) is 9.60. The third kappa shape index (κ3) is 7.47. The van der Waals surface area contributed by atoms with Gasteiger partial charge in [0, 0.05) is 0 Å². The summed E-state index contributed by atoms with van der Waals surface area (Å²) in [6.45, 7) is 3.57. The fourth-order valence-electron chi connectivity index (χ4n) is 3.55. The molecule has 0 aliphatic heterocycles. The number of hydrogen-bond acceptors (Lipinski definition) is 4. The molecule has 140 valence electrons. The Hall–Kier alpha value is -1.55. The fourth-order valence-corrected chi connectivity index (χ4v) is 3.55. The van der Waals surface area contributed by atoms with Gasteiger partial charge in [-0.3, -0.25) is 0 Å². The molecule has 3 unspecified atom stereocenters. The number of carbonyl (C=O) groups is 1. The molecule has 0 amide bonds. The van der Waals surface area contributed by atoms with Crippen molar-refractivity contribution in [3.63, 3.8) is 0 Å². The third-order valence-electron chi connectivity index (χ3n) is 5.21. The Labute approximate surface area is 151 Å². The van der Waals surface area contributed by atoms with Crippen LogP contribution in [0.15, 0.2) is 35.6 Å². The van der Waals surface area contributed by atoms with Gasteiger partial charge in [-0.05, 0) is 83.6 Å². The summed E-state index contributed by atoms with van der Waals surface area (Å²) < 4.78 is 10.7. The van der Waals surface area contributed by atoms with Crippen molar-refractivity contribution < 1.29 is 19.4 Å². The van der Waals surface area contributed by atoms with Crippen LogP contribution in [0.4, 0.5) is 4.79 Å². The van der Waals surface area contributed by atoms with Gasteiger partial charge in [0.1, 0.15) is 11.9 Å². The quantitative estimate of drug-likeness (QED) is 0.469. The highest BCUT2D eigenvalue weighted by Crippen LogP contribution is 2.31. The normalized spacial score (nSPS) is 24.8. The maximum atomic E-state index is 12.0. The lowest BCUT2D eigenvalue weighted by Crippen LogP contribution is -2.20. The predicted molar refractivity (Wildman–Crippen MR) is 99.1 cm³/mol. The summed E-state index contributed by atoms with van der Waals surface area (Å²) in [5, 5.41) is 9.68. The van der Waals surface area contributed by atoms with E-state index in [0.29, 0.717) is 11.7 Å². The molecule has 0 bridgehead atoms. The lowest BCUT2D eigenvalue weighted by atomic mass is 9.94. The summed E-state index contributed by atoms with van der Waals surface area (Å²) in [7, 11) is 0. The molecule has 0 radical (unpaired) electrons. The highest BCUT2D eigenvalue weighted by molar-refractivity contribution is 5.61. The maximum Gasteiger partial charge on any atom is 0.513 e. The highest BCUT2D eigenvalue weighted by atomic mass is 16.7. The van der Waals surface area contributed by atoms with E-state index in [1.165, 1.54) is 5.57 Å². The minimum Gasteiger partial charge on any atom is -0.431 e. The molecule has 25 heavy (non-hydrogen) atoms. The maximum absolute atomic E-state index is 12.0. The average Bonchev–Trinajstić information content (AvgIpc) is 3.03.